The van der Waals surface area contributed by atoms with Gasteiger partial charge in [-0.2, -0.15) is 0 Å². The highest BCUT2D eigenvalue weighted by atomic mass is 32.1. The second-order valence-corrected chi connectivity index (χ2v) is 4.66. The quantitative estimate of drug-likeness (QED) is 0.770. The van der Waals surface area contributed by atoms with Crippen LogP contribution in [0.25, 0.3) is 0 Å². The van der Waals surface area contributed by atoms with E-state index in [0.717, 1.165) is 31.4 Å². The molecule has 1 aromatic heterocycles. The second-order valence-electron chi connectivity index (χ2n) is 4.05. The Bertz CT molecular complexity index is 290. The fourth-order valence-electron chi connectivity index (χ4n) is 2.26. The van der Waals surface area contributed by atoms with Crippen LogP contribution in [0, 0.1) is 5.41 Å². The summed E-state index contributed by atoms with van der Waals surface area (Å²) in [7, 11) is 0. The van der Waals surface area contributed by atoms with E-state index in [1.807, 2.05) is 5.38 Å². The van der Waals surface area contributed by atoms with Gasteiger partial charge >= 0.3 is 0 Å². The van der Waals surface area contributed by atoms with Gasteiger partial charge in [-0.1, -0.05) is 10.9 Å². The van der Waals surface area contributed by atoms with Gasteiger partial charge in [-0.3, -0.25) is 0 Å². The Labute approximate surface area is 87.3 Å². The number of aromatic nitrogens is 2. The van der Waals surface area contributed by atoms with Crippen LogP contribution in [0.4, 0.5) is 0 Å². The molecule has 0 aromatic carbocycles. The third-order valence-electron chi connectivity index (χ3n) is 3.20. The van der Waals surface area contributed by atoms with Gasteiger partial charge in [0.15, 0.2) is 0 Å². The van der Waals surface area contributed by atoms with Gasteiger partial charge < -0.3 is 10.8 Å². The van der Waals surface area contributed by atoms with Gasteiger partial charge in [-0.15, -0.1) is 5.10 Å². The first-order valence-corrected chi connectivity index (χ1v) is 5.74. The van der Waals surface area contributed by atoms with Crippen molar-refractivity contribution >= 4 is 11.5 Å². The van der Waals surface area contributed by atoms with Crippen molar-refractivity contribution in [2.45, 2.75) is 31.8 Å². The van der Waals surface area contributed by atoms with Crippen molar-refractivity contribution in [3.05, 3.63) is 11.1 Å². The fourth-order valence-corrected chi connectivity index (χ4v) is 2.71. The molecule has 78 valence electrons. The molecule has 1 aliphatic carbocycles. The number of nitrogens with zero attached hydrogens (tertiary/aromatic N) is 2. The Hall–Kier alpha value is -0.520. The molecule has 2 unspecified atom stereocenters. The van der Waals surface area contributed by atoms with Gasteiger partial charge in [0.1, 0.15) is 0 Å². The predicted octanol–water partition coefficient (Wildman–Crippen LogP) is 0.570. The average Bonchev–Trinajstić information content (AvgIpc) is 2.79. The molecule has 2 atom stereocenters. The molecular weight excluding hydrogens is 198 g/mol. The van der Waals surface area contributed by atoms with Crippen molar-refractivity contribution in [2.75, 3.05) is 6.54 Å². The normalized spacial score (nSPS) is 32.3. The summed E-state index contributed by atoms with van der Waals surface area (Å²) in [5, 5.41) is 15.9. The number of aliphatic hydroxyl groups excluding tert-OH is 1. The molecular formula is C9H15N3OS. The van der Waals surface area contributed by atoms with Crippen LogP contribution in [0.15, 0.2) is 5.38 Å². The Balaban J connectivity index is 2.13. The molecule has 1 aliphatic rings. The maximum atomic E-state index is 9.91. The van der Waals surface area contributed by atoms with Crippen molar-refractivity contribution in [3.8, 4) is 0 Å². The highest BCUT2D eigenvalue weighted by Gasteiger charge is 2.41. The van der Waals surface area contributed by atoms with Crippen molar-refractivity contribution in [3.63, 3.8) is 0 Å². The van der Waals surface area contributed by atoms with Crippen molar-refractivity contribution in [1.82, 2.24) is 9.59 Å². The van der Waals surface area contributed by atoms with E-state index < -0.39 is 0 Å². The minimum absolute atomic E-state index is 0.143. The Kier molecular flexibility index (Phi) is 2.80. The fraction of sp³-hybridized carbons (Fsp3) is 0.778. The summed E-state index contributed by atoms with van der Waals surface area (Å²) in [5.41, 5.74) is 6.59. The standard InChI is InChI=1S/C9H15N3OS/c10-6-9(3-1-2-8(9)13)4-7-5-14-12-11-7/h5,8,13H,1-4,6,10H2. The molecule has 1 heterocycles. The van der Waals surface area contributed by atoms with E-state index in [2.05, 4.69) is 9.59 Å². The first-order valence-electron chi connectivity index (χ1n) is 4.91. The van der Waals surface area contributed by atoms with E-state index >= 15 is 0 Å². The van der Waals surface area contributed by atoms with Gasteiger partial charge in [-0.05, 0) is 24.4 Å². The third-order valence-corrected chi connectivity index (χ3v) is 3.76. The second kappa shape index (κ2) is 3.92. The van der Waals surface area contributed by atoms with E-state index in [-0.39, 0.29) is 11.5 Å². The Morgan fingerprint density at radius 3 is 3.07 bits per heavy atom. The highest BCUT2D eigenvalue weighted by Crippen LogP contribution is 2.40. The lowest BCUT2D eigenvalue weighted by molar-refractivity contribution is 0.0581. The lowest BCUT2D eigenvalue weighted by Crippen LogP contribution is -2.39. The molecule has 5 heteroatoms. The summed E-state index contributed by atoms with van der Waals surface area (Å²) in [6.45, 7) is 0.533. The molecule has 4 nitrogen and oxygen atoms in total. The molecule has 0 amide bonds. The van der Waals surface area contributed by atoms with Gasteiger partial charge in [-0.25, -0.2) is 0 Å². The van der Waals surface area contributed by atoms with Crippen LogP contribution >= 0.6 is 11.5 Å². The van der Waals surface area contributed by atoms with Gasteiger partial charge in [0, 0.05) is 23.8 Å². The summed E-state index contributed by atoms with van der Waals surface area (Å²) in [6, 6.07) is 0. The summed E-state index contributed by atoms with van der Waals surface area (Å²) in [5.74, 6) is 0. The lowest BCUT2D eigenvalue weighted by atomic mass is 9.80. The van der Waals surface area contributed by atoms with Gasteiger partial charge in [0.25, 0.3) is 0 Å². The zero-order chi connectivity index (χ0) is 10.0. The van der Waals surface area contributed by atoms with Crippen molar-refractivity contribution < 1.29 is 5.11 Å². The van der Waals surface area contributed by atoms with Gasteiger partial charge in [0.05, 0.1) is 11.8 Å². The SMILES string of the molecule is NCC1(Cc2csnn2)CCCC1O. The molecule has 1 aromatic rings. The number of rotatable bonds is 3. The van der Waals surface area contributed by atoms with Crippen LogP contribution in [0.5, 0.6) is 0 Å². The maximum Gasteiger partial charge on any atom is 0.0762 e. The smallest absolute Gasteiger partial charge is 0.0762 e. The molecule has 3 N–H and O–H groups in total. The van der Waals surface area contributed by atoms with Crippen LogP contribution < -0.4 is 5.73 Å². The molecule has 0 aliphatic heterocycles. The monoisotopic (exact) mass is 213 g/mol. The van der Waals surface area contributed by atoms with E-state index in [4.69, 9.17) is 5.73 Å². The van der Waals surface area contributed by atoms with E-state index in [1.165, 1.54) is 11.5 Å². The average molecular weight is 213 g/mol. The molecule has 14 heavy (non-hydrogen) atoms. The van der Waals surface area contributed by atoms with E-state index in [9.17, 15) is 5.11 Å². The van der Waals surface area contributed by atoms with Crippen LogP contribution in [0.2, 0.25) is 0 Å². The summed E-state index contributed by atoms with van der Waals surface area (Å²) in [6.07, 6.45) is 3.43. The van der Waals surface area contributed by atoms with E-state index in [0.29, 0.717) is 6.54 Å². The van der Waals surface area contributed by atoms with Crippen LogP contribution in [-0.4, -0.2) is 27.3 Å². The molecule has 1 saturated carbocycles. The number of aliphatic hydroxyl groups is 1. The molecule has 0 saturated heterocycles. The minimum atomic E-state index is -0.269. The van der Waals surface area contributed by atoms with Crippen LogP contribution in [-0.2, 0) is 6.42 Å². The molecule has 0 spiro atoms. The molecule has 0 bridgehead atoms. The molecule has 0 radical (unpaired) electrons. The first kappa shape index (κ1) is 10.0. The topological polar surface area (TPSA) is 72.0 Å². The Morgan fingerprint density at radius 2 is 2.57 bits per heavy atom. The zero-order valence-corrected chi connectivity index (χ0v) is 8.83. The largest absolute Gasteiger partial charge is 0.392 e. The minimum Gasteiger partial charge on any atom is -0.392 e. The summed E-state index contributed by atoms with van der Waals surface area (Å²) < 4.78 is 3.82. The lowest BCUT2D eigenvalue weighted by Gasteiger charge is -2.30. The highest BCUT2D eigenvalue weighted by molar-refractivity contribution is 7.03. The van der Waals surface area contributed by atoms with E-state index in [1.54, 1.807) is 0 Å². The Morgan fingerprint density at radius 1 is 1.71 bits per heavy atom. The van der Waals surface area contributed by atoms with Crippen molar-refractivity contribution in [2.24, 2.45) is 11.1 Å². The van der Waals surface area contributed by atoms with Crippen molar-refractivity contribution in [1.29, 1.82) is 0 Å². The summed E-state index contributed by atoms with van der Waals surface area (Å²) in [4.78, 5) is 0. The number of hydrogen-bond acceptors (Lipinski definition) is 5. The summed E-state index contributed by atoms with van der Waals surface area (Å²) >= 11 is 1.35. The van der Waals surface area contributed by atoms with Crippen LogP contribution in [0.1, 0.15) is 25.0 Å². The maximum absolute atomic E-state index is 9.91. The molecule has 2 rings (SSSR count). The number of hydrogen-bond donors (Lipinski definition) is 2. The molecule has 1 fully saturated rings. The zero-order valence-electron chi connectivity index (χ0n) is 8.02. The predicted molar refractivity (Wildman–Crippen MR) is 55.0 cm³/mol. The number of nitrogens with two attached hydrogens (primary N) is 1. The third kappa shape index (κ3) is 1.67. The van der Waals surface area contributed by atoms with Gasteiger partial charge in [0.2, 0.25) is 0 Å². The van der Waals surface area contributed by atoms with Crippen LogP contribution in [0.3, 0.4) is 0 Å². The first-order chi connectivity index (χ1) is 6.77.